The molecule has 2 saturated carbocycles. The largest absolute Gasteiger partial charge is 0.494 e. The van der Waals surface area contributed by atoms with Crippen LogP contribution in [-0.4, -0.2) is 47.3 Å². The average molecular weight is 600 g/mol. The number of nitrogens with zero attached hydrogens (tertiary/aromatic N) is 3. The number of fused-ring (bicyclic) bond motifs is 2. The number of amides is 2. The molecular weight excluding hydrogens is 568 g/mol. The summed E-state index contributed by atoms with van der Waals surface area (Å²) in [5.74, 6) is -0.312. The highest BCUT2D eigenvalue weighted by molar-refractivity contribution is 6.00. The maximum absolute atomic E-state index is 14.7. The van der Waals surface area contributed by atoms with Crippen molar-refractivity contribution in [3.63, 3.8) is 0 Å². The van der Waals surface area contributed by atoms with Gasteiger partial charge in [-0.3, -0.25) is 9.59 Å². The zero-order valence-electron chi connectivity index (χ0n) is 24.3. The van der Waals surface area contributed by atoms with E-state index in [9.17, 15) is 18.4 Å². The van der Waals surface area contributed by atoms with Gasteiger partial charge in [-0.25, -0.2) is 13.8 Å². The summed E-state index contributed by atoms with van der Waals surface area (Å²) in [5.41, 5.74) is 6.80. The zero-order valence-corrected chi connectivity index (χ0v) is 24.3. The van der Waals surface area contributed by atoms with E-state index in [0.717, 1.165) is 12.8 Å². The van der Waals surface area contributed by atoms with Gasteiger partial charge in [-0.05, 0) is 87.1 Å². The van der Waals surface area contributed by atoms with E-state index in [0.29, 0.717) is 63.3 Å². The van der Waals surface area contributed by atoms with Crippen molar-refractivity contribution in [1.29, 1.82) is 0 Å². The van der Waals surface area contributed by atoms with Crippen LogP contribution in [0.3, 0.4) is 0 Å². The first-order valence-corrected chi connectivity index (χ1v) is 14.7. The summed E-state index contributed by atoms with van der Waals surface area (Å²) in [6, 6.07) is 12.7. The van der Waals surface area contributed by atoms with Crippen molar-refractivity contribution in [1.82, 2.24) is 20.5 Å². The number of rotatable bonds is 9. The lowest BCUT2D eigenvalue weighted by Gasteiger charge is -2.22. The van der Waals surface area contributed by atoms with Crippen molar-refractivity contribution in [3.05, 3.63) is 76.9 Å². The van der Waals surface area contributed by atoms with Crippen LogP contribution in [0.4, 0.5) is 8.78 Å². The highest BCUT2D eigenvalue weighted by Gasteiger charge is 2.47. The van der Waals surface area contributed by atoms with Gasteiger partial charge >= 0.3 is 0 Å². The van der Waals surface area contributed by atoms with Crippen molar-refractivity contribution in [2.45, 2.75) is 49.6 Å². The normalized spacial score (nSPS) is 20.5. The van der Waals surface area contributed by atoms with Gasteiger partial charge < -0.3 is 20.5 Å². The molecule has 2 amide bonds. The number of ether oxygens (including phenoxy) is 2. The second-order valence-electron chi connectivity index (χ2n) is 12.2. The van der Waals surface area contributed by atoms with Crippen LogP contribution in [0.1, 0.15) is 65.8 Å². The highest BCUT2D eigenvalue weighted by atomic mass is 19.1. The van der Waals surface area contributed by atoms with Crippen LogP contribution in [0.15, 0.2) is 48.5 Å². The highest BCUT2D eigenvalue weighted by Crippen LogP contribution is 2.50. The molecule has 0 radical (unpaired) electrons. The Morgan fingerprint density at radius 1 is 1.14 bits per heavy atom. The fraction of sp³-hybridized carbons (Fsp3) is 0.364. The summed E-state index contributed by atoms with van der Waals surface area (Å²) in [6.45, 7) is 2.09. The van der Waals surface area contributed by atoms with E-state index in [1.165, 1.54) is 19.2 Å². The van der Waals surface area contributed by atoms with Crippen molar-refractivity contribution in [2.75, 3.05) is 20.3 Å². The Bertz CT molecular complexity index is 1820. The molecule has 2 atom stereocenters. The molecule has 3 aliphatic rings. The number of aromatic nitrogens is 3. The Morgan fingerprint density at radius 3 is 2.55 bits per heavy atom. The van der Waals surface area contributed by atoms with E-state index in [4.69, 9.17) is 20.2 Å². The smallest absolute Gasteiger partial charge is 0.251 e. The summed E-state index contributed by atoms with van der Waals surface area (Å²) in [6.07, 6.45) is 2.73. The molecule has 2 aromatic heterocycles. The quantitative estimate of drug-likeness (QED) is 0.281. The van der Waals surface area contributed by atoms with Gasteiger partial charge in [-0.15, -0.1) is 5.10 Å². The SMILES string of the molecule is COc1cc(C(=O)NC[C@H](c2cc3c(c(-c4ccc(F)cc4)n2)OC[C@]3(C)C(N)=O)C2CC2)cc2cc(C3(F)CC3)nnc12. The number of hydrogen-bond donors (Lipinski definition) is 2. The van der Waals surface area contributed by atoms with Gasteiger partial charge in [-0.1, -0.05) is 0 Å². The summed E-state index contributed by atoms with van der Waals surface area (Å²) in [5, 5.41) is 11.8. The number of pyridine rings is 1. The maximum Gasteiger partial charge on any atom is 0.251 e. The molecule has 3 heterocycles. The van der Waals surface area contributed by atoms with Gasteiger partial charge in [0.1, 0.15) is 46.2 Å². The van der Waals surface area contributed by atoms with Crippen LogP contribution >= 0.6 is 0 Å². The molecule has 0 saturated heterocycles. The minimum absolute atomic E-state index is 0.0707. The Hall–Kier alpha value is -4.67. The molecular formula is C33H31F2N5O4. The molecule has 7 rings (SSSR count). The number of halogens is 2. The molecule has 226 valence electrons. The number of primary amides is 1. The summed E-state index contributed by atoms with van der Waals surface area (Å²) < 4.78 is 39.9. The average Bonchev–Trinajstić information content (AvgIpc) is 3.96. The van der Waals surface area contributed by atoms with Gasteiger partial charge in [0, 0.05) is 40.2 Å². The van der Waals surface area contributed by atoms with E-state index in [-0.39, 0.29) is 42.4 Å². The molecule has 44 heavy (non-hydrogen) atoms. The van der Waals surface area contributed by atoms with Gasteiger partial charge in [0.2, 0.25) is 5.91 Å². The van der Waals surface area contributed by atoms with Crippen molar-refractivity contribution in [2.24, 2.45) is 11.7 Å². The first-order chi connectivity index (χ1) is 21.1. The number of methoxy groups -OCH3 is 1. The second-order valence-corrected chi connectivity index (χ2v) is 12.2. The molecule has 1 aliphatic heterocycles. The fourth-order valence-electron chi connectivity index (χ4n) is 5.91. The molecule has 4 aromatic rings. The Morgan fingerprint density at radius 2 is 1.89 bits per heavy atom. The third-order valence-electron chi connectivity index (χ3n) is 9.09. The third-order valence-corrected chi connectivity index (χ3v) is 9.09. The molecule has 3 N–H and O–H groups in total. The van der Waals surface area contributed by atoms with E-state index in [2.05, 4.69) is 15.5 Å². The number of hydrogen-bond acceptors (Lipinski definition) is 7. The topological polar surface area (TPSA) is 129 Å². The van der Waals surface area contributed by atoms with Crippen molar-refractivity contribution >= 4 is 22.7 Å². The summed E-state index contributed by atoms with van der Waals surface area (Å²) in [4.78, 5) is 31.1. The predicted molar refractivity (Wildman–Crippen MR) is 158 cm³/mol. The number of carbonyl (C=O) groups is 2. The molecule has 0 unspecified atom stereocenters. The van der Waals surface area contributed by atoms with Crippen molar-refractivity contribution in [3.8, 4) is 22.8 Å². The molecule has 0 spiro atoms. The lowest BCUT2D eigenvalue weighted by Crippen LogP contribution is -2.40. The summed E-state index contributed by atoms with van der Waals surface area (Å²) >= 11 is 0. The Kier molecular flexibility index (Phi) is 6.53. The predicted octanol–water partition coefficient (Wildman–Crippen LogP) is 4.86. The van der Waals surface area contributed by atoms with Gasteiger partial charge in [0.15, 0.2) is 5.67 Å². The van der Waals surface area contributed by atoms with Gasteiger partial charge in [0.05, 0.1) is 7.11 Å². The molecule has 11 heteroatoms. The maximum atomic E-state index is 14.7. The Balaban J connectivity index is 1.22. The molecule has 2 aromatic carbocycles. The van der Waals surface area contributed by atoms with E-state index >= 15 is 0 Å². The monoisotopic (exact) mass is 599 g/mol. The number of alkyl halides is 1. The van der Waals surface area contributed by atoms with Crippen LogP contribution in [0.25, 0.3) is 22.2 Å². The fourth-order valence-corrected chi connectivity index (χ4v) is 5.91. The van der Waals surface area contributed by atoms with Crippen molar-refractivity contribution < 1.29 is 27.8 Å². The Labute approximate surface area is 252 Å². The van der Waals surface area contributed by atoms with Crippen LogP contribution in [0.2, 0.25) is 0 Å². The first kappa shape index (κ1) is 28.1. The number of carbonyl (C=O) groups excluding carboxylic acids is 2. The first-order valence-electron chi connectivity index (χ1n) is 14.7. The minimum atomic E-state index is -1.46. The summed E-state index contributed by atoms with van der Waals surface area (Å²) in [7, 11) is 1.48. The molecule has 2 aliphatic carbocycles. The second kappa shape index (κ2) is 10.2. The number of nitrogens with two attached hydrogens (primary N) is 1. The zero-order chi connectivity index (χ0) is 30.8. The molecule has 9 nitrogen and oxygen atoms in total. The van der Waals surface area contributed by atoms with E-state index in [1.807, 2.05) is 6.07 Å². The lowest BCUT2D eigenvalue weighted by atomic mass is 9.82. The molecule has 0 bridgehead atoms. The number of benzene rings is 2. The number of nitrogens with one attached hydrogen (secondary N) is 1. The minimum Gasteiger partial charge on any atom is -0.494 e. The molecule has 2 fully saturated rings. The van der Waals surface area contributed by atoms with Crippen LogP contribution in [-0.2, 0) is 15.9 Å². The van der Waals surface area contributed by atoms with Crippen LogP contribution in [0.5, 0.6) is 11.5 Å². The van der Waals surface area contributed by atoms with Crippen LogP contribution in [0, 0.1) is 11.7 Å². The van der Waals surface area contributed by atoms with Gasteiger partial charge in [0.25, 0.3) is 5.91 Å². The standard InChI is InChI=1S/C33H31F2N5O4/c1-32(31(36)42)16-44-29-23(32)14-24(38-28(29)18-5-7-21(34)8-6-18)22(17-3-4-17)15-37-30(41)20-11-19-13-26(33(35)9-10-33)39-40-27(19)25(12-20)43-2/h5-8,11-14,17,22H,3-4,9-10,15-16H2,1-2H3,(H2,36,42)(H,37,41)/t22-,32-/m0/s1. The van der Waals surface area contributed by atoms with E-state index in [1.54, 1.807) is 37.3 Å². The van der Waals surface area contributed by atoms with Crippen LogP contribution < -0.4 is 20.5 Å². The van der Waals surface area contributed by atoms with Gasteiger partial charge in [-0.2, -0.15) is 5.10 Å². The third kappa shape index (κ3) is 4.80. The lowest BCUT2D eigenvalue weighted by molar-refractivity contribution is -0.123. The van der Waals surface area contributed by atoms with E-state index < -0.39 is 17.0 Å².